The maximum Gasteiger partial charge on any atom is 0.182 e. The van der Waals surface area contributed by atoms with Gasteiger partial charge in [-0.3, -0.25) is 4.79 Å². The SMILES string of the molecule is Cc1ccc(C(=O)CSc2ccccc2)s1. The van der Waals surface area contributed by atoms with Crippen molar-refractivity contribution in [3.05, 3.63) is 52.2 Å². The van der Waals surface area contributed by atoms with Gasteiger partial charge in [-0.05, 0) is 31.2 Å². The first-order valence-electron chi connectivity index (χ1n) is 5.03. The number of ketones is 1. The average molecular weight is 248 g/mol. The maximum absolute atomic E-state index is 11.8. The van der Waals surface area contributed by atoms with Crippen LogP contribution in [0.25, 0.3) is 0 Å². The van der Waals surface area contributed by atoms with Gasteiger partial charge in [0.1, 0.15) is 0 Å². The van der Waals surface area contributed by atoms with Gasteiger partial charge in [0.15, 0.2) is 5.78 Å². The topological polar surface area (TPSA) is 17.1 Å². The van der Waals surface area contributed by atoms with Crippen LogP contribution < -0.4 is 0 Å². The Labute approximate surface area is 104 Å². The molecular weight excluding hydrogens is 236 g/mol. The number of carbonyl (C=O) groups excluding carboxylic acids is 1. The van der Waals surface area contributed by atoms with Crippen LogP contribution in [0.2, 0.25) is 0 Å². The number of thioether (sulfide) groups is 1. The summed E-state index contributed by atoms with van der Waals surface area (Å²) in [5.74, 6) is 0.733. The van der Waals surface area contributed by atoms with Crippen molar-refractivity contribution < 1.29 is 4.79 Å². The van der Waals surface area contributed by atoms with Crippen LogP contribution in [-0.4, -0.2) is 11.5 Å². The summed E-state index contributed by atoms with van der Waals surface area (Å²) in [4.78, 5) is 15.0. The van der Waals surface area contributed by atoms with Crippen LogP contribution in [0.3, 0.4) is 0 Å². The van der Waals surface area contributed by atoms with Crippen LogP contribution in [0.1, 0.15) is 14.5 Å². The fourth-order valence-corrected chi connectivity index (χ4v) is 3.02. The molecule has 1 heterocycles. The average Bonchev–Trinajstić information content (AvgIpc) is 2.74. The molecule has 1 aromatic carbocycles. The third-order valence-corrected chi connectivity index (χ3v) is 4.18. The number of aryl methyl sites for hydroxylation is 1. The normalized spacial score (nSPS) is 10.3. The van der Waals surface area contributed by atoms with E-state index in [2.05, 4.69) is 0 Å². The molecule has 0 aliphatic rings. The summed E-state index contributed by atoms with van der Waals surface area (Å²) >= 11 is 3.16. The fourth-order valence-electron chi connectivity index (χ4n) is 1.32. The molecular formula is C13H12OS2. The molecule has 0 saturated heterocycles. The third-order valence-electron chi connectivity index (χ3n) is 2.13. The van der Waals surface area contributed by atoms with Crippen molar-refractivity contribution >= 4 is 28.9 Å². The van der Waals surface area contributed by atoms with Gasteiger partial charge in [-0.1, -0.05) is 18.2 Å². The maximum atomic E-state index is 11.8. The van der Waals surface area contributed by atoms with Crippen molar-refractivity contribution in [1.82, 2.24) is 0 Å². The lowest BCUT2D eigenvalue weighted by Crippen LogP contribution is -1.98. The zero-order chi connectivity index (χ0) is 11.4. The minimum absolute atomic E-state index is 0.215. The van der Waals surface area contributed by atoms with Crippen LogP contribution >= 0.6 is 23.1 Å². The molecule has 0 aliphatic carbocycles. The first-order valence-corrected chi connectivity index (χ1v) is 6.83. The number of rotatable bonds is 4. The number of hydrogen-bond donors (Lipinski definition) is 0. The van der Waals surface area contributed by atoms with Crippen molar-refractivity contribution in [2.45, 2.75) is 11.8 Å². The highest BCUT2D eigenvalue weighted by atomic mass is 32.2. The standard InChI is InChI=1S/C13H12OS2/c1-10-7-8-13(16-10)12(14)9-15-11-5-3-2-4-6-11/h2-8H,9H2,1H3. The molecule has 1 aromatic heterocycles. The highest BCUT2D eigenvalue weighted by Gasteiger charge is 2.08. The van der Waals surface area contributed by atoms with Crippen LogP contribution in [0.15, 0.2) is 47.4 Å². The summed E-state index contributed by atoms with van der Waals surface area (Å²) in [6.07, 6.45) is 0. The van der Waals surface area contributed by atoms with Crippen molar-refractivity contribution in [3.8, 4) is 0 Å². The van der Waals surface area contributed by atoms with E-state index < -0.39 is 0 Å². The van der Waals surface area contributed by atoms with Gasteiger partial charge in [0.05, 0.1) is 10.6 Å². The quantitative estimate of drug-likeness (QED) is 0.600. The lowest BCUT2D eigenvalue weighted by molar-refractivity contribution is 0.102. The molecule has 0 unspecified atom stereocenters. The highest BCUT2D eigenvalue weighted by molar-refractivity contribution is 8.00. The van der Waals surface area contributed by atoms with E-state index >= 15 is 0 Å². The zero-order valence-electron chi connectivity index (χ0n) is 8.97. The Morgan fingerprint density at radius 1 is 1.19 bits per heavy atom. The second-order valence-electron chi connectivity index (χ2n) is 3.44. The van der Waals surface area contributed by atoms with Crippen LogP contribution in [0.5, 0.6) is 0 Å². The Morgan fingerprint density at radius 3 is 2.56 bits per heavy atom. The van der Waals surface area contributed by atoms with E-state index in [0.717, 1.165) is 9.77 Å². The molecule has 0 spiro atoms. The van der Waals surface area contributed by atoms with Crippen LogP contribution in [0.4, 0.5) is 0 Å². The van der Waals surface area contributed by atoms with Gasteiger partial charge < -0.3 is 0 Å². The van der Waals surface area contributed by atoms with E-state index in [9.17, 15) is 4.79 Å². The van der Waals surface area contributed by atoms with Crippen LogP contribution in [-0.2, 0) is 0 Å². The first-order chi connectivity index (χ1) is 7.75. The summed E-state index contributed by atoms with van der Waals surface area (Å²) in [5, 5.41) is 0. The van der Waals surface area contributed by atoms with E-state index in [1.807, 2.05) is 49.4 Å². The van der Waals surface area contributed by atoms with Gasteiger partial charge >= 0.3 is 0 Å². The van der Waals surface area contributed by atoms with Gasteiger partial charge in [0.2, 0.25) is 0 Å². The molecule has 16 heavy (non-hydrogen) atoms. The molecule has 2 aromatic rings. The predicted octanol–water partition coefficient (Wildman–Crippen LogP) is 4.03. The Balaban J connectivity index is 1.94. The minimum atomic E-state index is 0.215. The molecule has 0 atom stereocenters. The molecule has 0 amide bonds. The van der Waals surface area contributed by atoms with Crippen molar-refractivity contribution in [2.24, 2.45) is 0 Å². The Bertz CT molecular complexity index is 474. The molecule has 0 aliphatic heterocycles. The number of Topliss-reactive ketones (excluding diaryl/α,β-unsaturated/α-hetero) is 1. The predicted molar refractivity (Wildman–Crippen MR) is 70.6 cm³/mol. The molecule has 0 saturated carbocycles. The number of carbonyl (C=O) groups is 1. The fraction of sp³-hybridized carbons (Fsp3) is 0.154. The molecule has 0 radical (unpaired) electrons. The summed E-state index contributed by atoms with van der Waals surface area (Å²) in [7, 11) is 0. The van der Waals surface area contributed by atoms with E-state index in [-0.39, 0.29) is 5.78 Å². The van der Waals surface area contributed by atoms with Gasteiger partial charge in [-0.2, -0.15) is 0 Å². The summed E-state index contributed by atoms with van der Waals surface area (Å²) in [6.45, 7) is 2.02. The minimum Gasteiger partial charge on any atom is -0.292 e. The zero-order valence-corrected chi connectivity index (χ0v) is 10.6. The lowest BCUT2D eigenvalue weighted by Gasteiger charge is -1.98. The summed E-state index contributed by atoms with van der Waals surface area (Å²) in [6, 6.07) is 13.9. The van der Waals surface area contributed by atoms with Gasteiger partial charge in [0, 0.05) is 9.77 Å². The second kappa shape index (κ2) is 5.32. The molecule has 82 valence electrons. The second-order valence-corrected chi connectivity index (χ2v) is 5.77. The smallest absolute Gasteiger partial charge is 0.182 e. The van der Waals surface area contributed by atoms with Crippen molar-refractivity contribution in [3.63, 3.8) is 0 Å². The van der Waals surface area contributed by atoms with Crippen LogP contribution in [0, 0.1) is 6.92 Å². The van der Waals surface area contributed by atoms with Crippen molar-refractivity contribution in [1.29, 1.82) is 0 Å². The molecule has 0 fully saturated rings. The Kier molecular flexibility index (Phi) is 3.80. The molecule has 1 nitrogen and oxygen atoms in total. The third kappa shape index (κ3) is 2.97. The molecule has 0 N–H and O–H groups in total. The number of hydrogen-bond acceptors (Lipinski definition) is 3. The van der Waals surface area contributed by atoms with Crippen molar-refractivity contribution in [2.75, 3.05) is 5.75 Å². The van der Waals surface area contributed by atoms with Gasteiger partial charge in [-0.15, -0.1) is 23.1 Å². The monoisotopic (exact) mass is 248 g/mol. The van der Waals surface area contributed by atoms with Gasteiger partial charge in [-0.25, -0.2) is 0 Å². The van der Waals surface area contributed by atoms with E-state index in [1.165, 1.54) is 4.88 Å². The summed E-state index contributed by atoms with van der Waals surface area (Å²) in [5.41, 5.74) is 0. The van der Waals surface area contributed by atoms with E-state index in [0.29, 0.717) is 5.75 Å². The van der Waals surface area contributed by atoms with E-state index in [1.54, 1.807) is 23.1 Å². The molecule has 0 bridgehead atoms. The first kappa shape index (κ1) is 11.4. The molecule has 2 rings (SSSR count). The van der Waals surface area contributed by atoms with Gasteiger partial charge in [0.25, 0.3) is 0 Å². The highest BCUT2D eigenvalue weighted by Crippen LogP contribution is 2.21. The number of benzene rings is 1. The largest absolute Gasteiger partial charge is 0.292 e. The Hall–Kier alpha value is -1.06. The Morgan fingerprint density at radius 2 is 1.94 bits per heavy atom. The van der Waals surface area contributed by atoms with E-state index in [4.69, 9.17) is 0 Å². The number of thiophene rings is 1. The lowest BCUT2D eigenvalue weighted by atomic mass is 10.3. The molecule has 3 heteroatoms. The summed E-state index contributed by atoms with van der Waals surface area (Å²) < 4.78 is 0.